The molecule has 1 saturated carbocycles. The van der Waals surface area contributed by atoms with Gasteiger partial charge in [-0.3, -0.25) is 0 Å². The summed E-state index contributed by atoms with van der Waals surface area (Å²) in [4.78, 5) is 0. The summed E-state index contributed by atoms with van der Waals surface area (Å²) in [6.07, 6.45) is 7.09. The Kier molecular flexibility index (Phi) is 7.41. The Morgan fingerprint density at radius 3 is 2.19 bits per heavy atom. The van der Waals surface area contributed by atoms with Crippen LogP contribution >= 0.6 is 0 Å². The molecule has 21 heavy (non-hydrogen) atoms. The van der Waals surface area contributed by atoms with E-state index in [1.165, 1.54) is 44.7 Å². The largest absolute Gasteiger partial charge is 0.314 e. The molecule has 0 bridgehead atoms. The van der Waals surface area contributed by atoms with Crippen LogP contribution in [-0.2, 0) is 0 Å². The maximum Gasteiger partial charge on any atom is 0.0720 e. The van der Waals surface area contributed by atoms with Crippen LogP contribution in [0, 0.1) is 0 Å². The molecule has 124 valence electrons. The first-order valence-electron chi connectivity index (χ1n) is 9.08. The summed E-state index contributed by atoms with van der Waals surface area (Å²) < 4.78 is 0. The highest BCUT2D eigenvalue weighted by molar-refractivity contribution is 7.35. The minimum Gasteiger partial charge on any atom is -0.314 e. The Morgan fingerprint density at radius 2 is 1.76 bits per heavy atom. The van der Waals surface area contributed by atoms with E-state index in [9.17, 15) is 0 Å². The van der Waals surface area contributed by atoms with Crippen molar-refractivity contribution >= 4 is 15.9 Å². The first kappa shape index (κ1) is 19.2. The van der Waals surface area contributed by atoms with Crippen molar-refractivity contribution in [1.29, 1.82) is 0 Å². The van der Waals surface area contributed by atoms with Crippen LogP contribution in [0.2, 0.25) is 24.2 Å². The molecule has 0 aromatic rings. The molecule has 1 rings (SSSR count). The van der Waals surface area contributed by atoms with E-state index in [-0.39, 0.29) is 0 Å². The molecule has 0 amide bonds. The molecule has 0 radical (unpaired) electrons. The summed E-state index contributed by atoms with van der Waals surface area (Å²) in [5.41, 5.74) is 4.32. The zero-order chi connectivity index (χ0) is 16.1. The summed E-state index contributed by atoms with van der Waals surface area (Å²) in [6.45, 7) is 18.6. The van der Waals surface area contributed by atoms with Gasteiger partial charge in [0.1, 0.15) is 0 Å². The Morgan fingerprint density at radius 1 is 1.19 bits per heavy atom. The van der Waals surface area contributed by atoms with Crippen LogP contribution in [0.1, 0.15) is 66.7 Å². The van der Waals surface area contributed by atoms with Gasteiger partial charge in [0.25, 0.3) is 0 Å². The Labute approximate surface area is 136 Å². The monoisotopic (exact) mass is 325 g/mol. The molecule has 1 fully saturated rings. The lowest BCUT2D eigenvalue weighted by Crippen LogP contribution is -2.54. The van der Waals surface area contributed by atoms with Crippen LogP contribution in [0.3, 0.4) is 0 Å². The topological polar surface area (TPSA) is 12.0 Å². The smallest absolute Gasteiger partial charge is 0.0720 e. The summed E-state index contributed by atoms with van der Waals surface area (Å²) in [5.74, 6) is 0. The van der Waals surface area contributed by atoms with Crippen LogP contribution < -0.4 is 5.32 Å². The normalized spacial score (nSPS) is 19.8. The minimum absolute atomic E-state index is 0.512. The number of rotatable bonds is 7. The van der Waals surface area contributed by atoms with Crippen molar-refractivity contribution in [2.24, 2.45) is 0 Å². The van der Waals surface area contributed by atoms with Crippen molar-refractivity contribution < 1.29 is 0 Å². The molecule has 0 aromatic heterocycles. The van der Waals surface area contributed by atoms with Crippen molar-refractivity contribution in [2.75, 3.05) is 6.54 Å². The Bertz CT molecular complexity index is 334. The van der Waals surface area contributed by atoms with Gasteiger partial charge < -0.3 is 5.32 Å². The highest BCUT2D eigenvalue weighted by Gasteiger charge is 2.44. The molecule has 0 aliphatic heterocycles. The van der Waals surface area contributed by atoms with E-state index in [2.05, 4.69) is 58.7 Å². The number of allylic oxidation sites excluding steroid dienone is 1. The third-order valence-electron chi connectivity index (χ3n) is 5.53. The van der Waals surface area contributed by atoms with E-state index in [1.54, 1.807) is 5.57 Å². The molecule has 0 spiro atoms. The second kappa shape index (κ2) is 8.12. The Balaban J connectivity index is 2.66. The van der Waals surface area contributed by atoms with Crippen molar-refractivity contribution in [1.82, 2.24) is 5.32 Å². The van der Waals surface area contributed by atoms with E-state index in [1.807, 2.05) is 0 Å². The van der Waals surface area contributed by atoms with Gasteiger partial charge in [0.15, 0.2) is 0 Å². The molecule has 1 N–H and O–H groups in total. The second-order valence-electron chi connectivity index (χ2n) is 8.71. The quantitative estimate of drug-likeness (QED) is 0.499. The van der Waals surface area contributed by atoms with Gasteiger partial charge in [0.05, 0.1) is 7.59 Å². The molecule has 1 unspecified atom stereocenters. The fourth-order valence-electron chi connectivity index (χ4n) is 4.32. The van der Waals surface area contributed by atoms with Crippen LogP contribution in [0.25, 0.3) is 0 Å². The molecule has 1 atom stereocenters. The second-order valence-corrected chi connectivity index (χ2v) is 21.9. The molecule has 1 aliphatic carbocycles. The summed E-state index contributed by atoms with van der Waals surface area (Å²) >= 11 is 0. The third-order valence-corrected chi connectivity index (χ3v) is 22.8. The van der Waals surface area contributed by atoms with Crippen molar-refractivity contribution in [3.63, 3.8) is 0 Å². The maximum atomic E-state index is 3.81. The van der Waals surface area contributed by atoms with Crippen LogP contribution in [0.5, 0.6) is 0 Å². The van der Waals surface area contributed by atoms with Gasteiger partial charge in [-0.1, -0.05) is 64.0 Å². The highest BCUT2D eigenvalue weighted by atomic mass is 29.2. The predicted octanol–water partition coefficient (Wildman–Crippen LogP) is 5.23. The average Bonchev–Trinajstić information content (AvgIpc) is 2.83. The zero-order valence-corrected chi connectivity index (χ0v) is 17.8. The fourth-order valence-corrected chi connectivity index (χ4v) is 19.6. The maximum absolute atomic E-state index is 3.81. The molecule has 0 saturated heterocycles. The van der Waals surface area contributed by atoms with Crippen molar-refractivity contribution in [3.05, 3.63) is 11.3 Å². The minimum atomic E-state index is -1.28. The summed E-state index contributed by atoms with van der Waals surface area (Å²) in [5, 5.41) is 4.33. The standard InChI is InChI=1S/C18H39NSi2/c1-16(2)15-21(20(6)7,18(3,4)5)14-10-13-19-17-11-8-9-12-17/h15,17,19-20H,8-14H2,1-7H3. The van der Waals surface area contributed by atoms with Gasteiger partial charge in [0, 0.05) is 14.4 Å². The molecule has 3 heteroatoms. The number of nitrogens with one attached hydrogen (secondary N) is 1. The number of hydrogen-bond donors (Lipinski definition) is 1. The van der Waals surface area contributed by atoms with E-state index < -0.39 is 15.9 Å². The van der Waals surface area contributed by atoms with Crippen LogP contribution in [-0.4, -0.2) is 28.5 Å². The van der Waals surface area contributed by atoms with Gasteiger partial charge >= 0.3 is 0 Å². The fraction of sp³-hybridized carbons (Fsp3) is 0.889. The lowest BCUT2D eigenvalue weighted by molar-refractivity contribution is 0.521. The summed E-state index contributed by atoms with van der Waals surface area (Å²) in [6, 6.07) is 2.32. The van der Waals surface area contributed by atoms with Crippen LogP contribution in [0.4, 0.5) is 0 Å². The van der Waals surface area contributed by atoms with E-state index in [0.717, 1.165) is 6.04 Å². The van der Waals surface area contributed by atoms with Crippen molar-refractivity contribution in [3.8, 4) is 0 Å². The van der Waals surface area contributed by atoms with Gasteiger partial charge in [0.2, 0.25) is 0 Å². The van der Waals surface area contributed by atoms with Crippen LogP contribution in [0.15, 0.2) is 11.3 Å². The predicted molar refractivity (Wildman–Crippen MR) is 103 cm³/mol. The zero-order valence-electron chi connectivity index (χ0n) is 15.7. The average molecular weight is 326 g/mol. The lowest BCUT2D eigenvalue weighted by atomic mass is 10.2. The molecule has 0 heterocycles. The Hall–Kier alpha value is 0.134. The molecule has 1 nitrogen and oxygen atoms in total. The van der Waals surface area contributed by atoms with Crippen molar-refractivity contribution in [2.45, 2.75) is 96.9 Å². The van der Waals surface area contributed by atoms with Gasteiger partial charge in [-0.2, -0.15) is 0 Å². The molecule has 1 aliphatic rings. The SMILES string of the molecule is CC(C)=C[Si](CCCNC1CCCC1)([SiH](C)C)C(C)(C)C. The molecule has 0 aromatic carbocycles. The molecular weight excluding hydrogens is 286 g/mol. The first-order valence-corrected chi connectivity index (χ1v) is 15.5. The third kappa shape index (κ3) is 5.36. The first-order chi connectivity index (χ1) is 9.69. The van der Waals surface area contributed by atoms with Gasteiger partial charge in [-0.05, 0) is 44.7 Å². The van der Waals surface area contributed by atoms with E-state index >= 15 is 0 Å². The lowest BCUT2D eigenvalue weighted by Gasteiger charge is -2.45. The summed E-state index contributed by atoms with van der Waals surface area (Å²) in [7, 11) is -1.91. The number of hydrogen-bond acceptors (Lipinski definition) is 1. The molecular formula is C18H39NSi2. The highest BCUT2D eigenvalue weighted by Crippen LogP contribution is 2.42. The van der Waals surface area contributed by atoms with E-state index in [4.69, 9.17) is 0 Å². The van der Waals surface area contributed by atoms with Gasteiger partial charge in [-0.25, -0.2) is 0 Å². The van der Waals surface area contributed by atoms with E-state index in [0.29, 0.717) is 5.04 Å². The van der Waals surface area contributed by atoms with Gasteiger partial charge in [-0.15, -0.1) is 0 Å².